The summed E-state index contributed by atoms with van der Waals surface area (Å²) in [4.78, 5) is 18.3. The number of pyridine rings is 1. The standard InChI is InChI=1S/C28H35N3O3S/c1-19-8-7-9-21-17-22(27(32)30-26(19)21)18-31(23-10-5-4-6-11-23)28(35)29-15-14-20-12-13-24(33-2)25(16-20)34-3/h7-9,12-13,16-17,23H,4-6,10-11,14-15,18H2,1-3H3,(H,29,35)(H,30,32). The second-order valence-corrected chi connectivity index (χ2v) is 9.64. The lowest BCUT2D eigenvalue weighted by atomic mass is 9.94. The van der Waals surface area contributed by atoms with Gasteiger partial charge in [0.25, 0.3) is 5.56 Å². The summed E-state index contributed by atoms with van der Waals surface area (Å²) < 4.78 is 10.8. The van der Waals surface area contributed by atoms with E-state index in [9.17, 15) is 4.79 Å². The van der Waals surface area contributed by atoms with E-state index >= 15 is 0 Å². The molecule has 1 aliphatic carbocycles. The molecule has 186 valence electrons. The summed E-state index contributed by atoms with van der Waals surface area (Å²) in [6.45, 7) is 3.22. The number of aryl methyl sites for hydroxylation is 1. The van der Waals surface area contributed by atoms with Crippen LogP contribution in [0, 0.1) is 6.92 Å². The molecule has 1 aromatic heterocycles. The third-order valence-electron chi connectivity index (χ3n) is 6.92. The van der Waals surface area contributed by atoms with E-state index in [1.165, 1.54) is 19.3 Å². The van der Waals surface area contributed by atoms with Gasteiger partial charge in [-0.15, -0.1) is 0 Å². The third kappa shape index (κ3) is 5.96. The predicted molar refractivity (Wildman–Crippen MR) is 146 cm³/mol. The zero-order valence-corrected chi connectivity index (χ0v) is 21.7. The van der Waals surface area contributed by atoms with Crippen LogP contribution in [0.15, 0.2) is 47.3 Å². The highest BCUT2D eigenvalue weighted by molar-refractivity contribution is 7.80. The first kappa shape index (κ1) is 25.0. The van der Waals surface area contributed by atoms with Gasteiger partial charge in [0.2, 0.25) is 0 Å². The van der Waals surface area contributed by atoms with Crippen LogP contribution >= 0.6 is 12.2 Å². The molecule has 0 radical (unpaired) electrons. The van der Waals surface area contributed by atoms with Crippen molar-refractivity contribution in [1.82, 2.24) is 15.2 Å². The summed E-state index contributed by atoms with van der Waals surface area (Å²) in [5.41, 5.74) is 3.82. The zero-order chi connectivity index (χ0) is 24.8. The van der Waals surface area contributed by atoms with Gasteiger partial charge in [0.1, 0.15) is 0 Å². The number of nitrogens with one attached hydrogen (secondary N) is 2. The topological polar surface area (TPSA) is 66.6 Å². The molecule has 4 rings (SSSR count). The van der Waals surface area contributed by atoms with Crippen LogP contribution in [0.3, 0.4) is 0 Å². The number of aromatic nitrogens is 1. The second-order valence-electron chi connectivity index (χ2n) is 9.25. The van der Waals surface area contributed by atoms with Crippen LogP contribution in [0.1, 0.15) is 48.8 Å². The van der Waals surface area contributed by atoms with Crippen molar-refractivity contribution >= 4 is 28.2 Å². The van der Waals surface area contributed by atoms with E-state index in [0.717, 1.165) is 58.4 Å². The minimum atomic E-state index is -0.0410. The summed E-state index contributed by atoms with van der Waals surface area (Å²) >= 11 is 5.88. The number of ether oxygens (including phenoxy) is 2. The number of H-pyrrole nitrogens is 1. The van der Waals surface area contributed by atoms with E-state index in [1.54, 1.807) is 14.2 Å². The number of hydrogen-bond acceptors (Lipinski definition) is 4. The van der Waals surface area contributed by atoms with Gasteiger partial charge in [0.15, 0.2) is 16.6 Å². The molecular formula is C28H35N3O3S. The predicted octanol–water partition coefficient (Wildman–Crippen LogP) is 5.11. The van der Waals surface area contributed by atoms with E-state index in [1.807, 2.05) is 49.4 Å². The van der Waals surface area contributed by atoms with Crippen LogP contribution in [-0.4, -0.2) is 41.8 Å². The van der Waals surface area contributed by atoms with Crippen LogP contribution in [0.4, 0.5) is 0 Å². The van der Waals surface area contributed by atoms with E-state index in [0.29, 0.717) is 24.2 Å². The van der Waals surface area contributed by atoms with Crippen LogP contribution in [-0.2, 0) is 13.0 Å². The smallest absolute Gasteiger partial charge is 0.253 e. The average Bonchev–Trinajstić information content (AvgIpc) is 2.88. The Labute approximate surface area is 212 Å². The molecule has 2 N–H and O–H groups in total. The van der Waals surface area contributed by atoms with Crippen molar-refractivity contribution in [2.75, 3.05) is 20.8 Å². The minimum Gasteiger partial charge on any atom is -0.493 e. The molecule has 0 bridgehead atoms. The Hall–Kier alpha value is -3.06. The molecule has 0 aliphatic heterocycles. The first-order valence-electron chi connectivity index (χ1n) is 12.4. The van der Waals surface area contributed by atoms with E-state index in [4.69, 9.17) is 21.7 Å². The summed E-state index contributed by atoms with van der Waals surface area (Å²) in [5.74, 6) is 1.45. The van der Waals surface area contributed by atoms with Gasteiger partial charge in [-0.1, -0.05) is 43.5 Å². The number of benzene rings is 2. The number of aromatic amines is 1. The Balaban J connectivity index is 1.49. The highest BCUT2D eigenvalue weighted by Crippen LogP contribution is 2.28. The summed E-state index contributed by atoms with van der Waals surface area (Å²) in [6.07, 6.45) is 6.66. The van der Waals surface area contributed by atoms with Crippen LogP contribution < -0.4 is 20.3 Å². The molecule has 1 fully saturated rings. The summed E-state index contributed by atoms with van der Waals surface area (Å²) in [7, 11) is 3.28. The molecule has 2 aromatic carbocycles. The average molecular weight is 494 g/mol. The van der Waals surface area contributed by atoms with Crippen LogP contribution in [0.5, 0.6) is 11.5 Å². The Morgan fingerprint density at radius 1 is 1.09 bits per heavy atom. The van der Waals surface area contributed by atoms with Crippen molar-refractivity contribution in [1.29, 1.82) is 0 Å². The summed E-state index contributed by atoms with van der Waals surface area (Å²) in [5, 5.41) is 5.21. The number of methoxy groups -OCH3 is 2. The van der Waals surface area contributed by atoms with Crippen molar-refractivity contribution in [3.05, 3.63) is 69.5 Å². The first-order valence-corrected chi connectivity index (χ1v) is 12.8. The normalized spacial score (nSPS) is 14.0. The van der Waals surface area contributed by atoms with Crippen LogP contribution in [0.2, 0.25) is 0 Å². The molecule has 6 nitrogen and oxygen atoms in total. The molecule has 1 heterocycles. The van der Waals surface area contributed by atoms with Crippen LogP contribution in [0.25, 0.3) is 10.9 Å². The number of para-hydroxylation sites is 1. The Bertz CT molecular complexity index is 1230. The summed E-state index contributed by atoms with van der Waals surface area (Å²) in [6, 6.07) is 14.4. The molecular weight excluding hydrogens is 458 g/mol. The minimum absolute atomic E-state index is 0.0410. The molecule has 1 saturated carbocycles. The van der Waals surface area contributed by atoms with E-state index < -0.39 is 0 Å². The van der Waals surface area contributed by atoms with Crippen molar-refractivity contribution in [3.63, 3.8) is 0 Å². The maximum absolute atomic E-state index is 13.0. The second kappa shape index (κ2) is 11.6. The number of thiocarbonyl (C=S) groups is 1. The first-order chi connectivity index (χ1) is 17.0. The van der Waals surface area contributed by atoms with E-state index in [-0.39, 0.29) is 5.56 Å². The highest BCUT2D eigenvalue weighted by Gasteiger charge is 2.24. The number of hydrogen-bond donors (Lipinski definition) is 2. The van der Waals surface area contributed by atoms with Crippen molar-refractivity contribution < 1.29 is 9.47 Å². The molecule has 0 saturated heterocycles. The van der Waals surface area contributed by atoms with Gasteiger partial charge in [-0.25, -0.2) is 0 Å². The van der Waals surface area contributed by atoms with Crippen molar-refractivity contribution in [3.8, 4) is 11.5 Å². The lowest BCUT2D eigenvalue weighted by molar-refractivity contribution is 0.234. The molecule has 35 heavy (non-hydrogen) atoms. The van der Waals surface area contributed by atoms with Gasteiger partial charge in [0, 0.05) is 18.2 Å². The number of fused-ring (bicyclic) bond motifs is 1. The maximum atomic E-state index is 13.0. The van der Waals surface area contributed by atoms with Crippen molar-refractivity contribution in [2.24, 2.45) is 0 Å². The Kier molecular flexibility index (Phi) is 8.29. The molecule has 1 aliphatic rings. The van der Waals surface area contributed by atoms with Gasteiger partial charge in [-0.3, -0.25) is 4.79 Å². The molecule has 0 unspecified atom stereocenters. The fraction of sp³-hybridized carbons (Fsp3) is 0.429. The molecule has 3 aromatic rings. The fourth-order valence-electron chi connectivity index (χ4n) is 4.94. The zero-order valence-electron chi connectivity index (χ0n) is 20.9. The molecule has 0 amide bonds. The Morgan fingerprint density at radius 2 is 1.86 bits per heavy atom. The Morgan fingerprint density at radius 3 is 2.60 bits per heavy atom. The van der Waals surface area contributed by atoms with E-state index in [2.05, 4.69) is 15.2 Å². The lowest BCUT2D eigenvalue weighted by Crippen LogP contribution is -2.47. The molecule has 0 spiro atoms. The van der Waals surface area contributed by atoms with Gasteiger partial charge >= 0.3 is 0 Å². The monoisotopic (exact) mass is 493 g/mol. The van der Waals surface area contributed by atoms with Gasteiger partial charge in [-0.05, 0) is 73.1 Å². The molecule has 7 heteroatoms. The number of rotatable bonds is 8. The third-order valence-corrected chi connectivity index (χ3v) is 7.30. The van der Waals surface area contributed by atoms with Crippen molar-refractivity contribution in [2.45, 2.75) is 58.0 Å². The quantitative estimate of drug-likeness (QED) is 0.426. The maximum Gasteiger partial charge on any atom is 0.253 e. The largest absolute Gasteiger partial charge is 0.493 e. The van der Waals surface area contributed by atoms with Gasteiger partial charge in [-0.2, -0.15) is 0 Å². The van der Waals surface area contributed by atoms with Gasteiger partial charge in [0.05, 0.1) is 26.3 Å². The SMILES string of the molecule is COc1ccc(CCNC(=S)N(Cc2cc3cccc(C)c3[nH]c2=O)C2CCCCC2)cc1OC. The van der Waals surface area contributed by atoms with Gasteiger partial charge < -0.3 is 24.7 Å². The number of nitrogens with zero attached hydrogens (tertiary/aromatic N) is 1. The molecule has 0 atom stereocenters. The fourth-order valence-corrected chi connectivity index (χ4v) is 5.26. The highest BCUT2D eigenvalue weighted by atomic mass is 32.1. The lowest BCUT2D eigenvalue weighted by Gasteiger charge is -2.36.